The third-order valence-corrected chi connectivity index (χ3v) is 4.49. The Balaban J connectivity index is 1.92. The van der Waals surface area contributed by atoms with E-state index in [1.807, 2.05) is 54.6 Å². The quantitative estimate of drug-likeness (QED) is 0.530. The number of para-hydroxylation sites is 1. The Morgan fingerprint density at radius 2 is 1.43 bits per heavy atom. The summed E-state index contributed by atoms with van der Waals surface area (Å²) < 4.78 is 5.75. The Hall–Kier alpha value is -0.890. The van der Waals surface area contributed by atoms with Gasteiger partial charge in [0.15, 0.2) is 0 Å². The third-order valence-electron chi connectivity index (χ3n) is 3.12. The summed E-state index contributed by atoms with van der Waals surface area (Å²) in [6, 6.07) is 17.5. The van der Waals surface area contributed by atoms with Crippen LogP contribution in [0, 0.1) is 0 Å². The lowest BCUT2D eigenvalue weighted by Gasteiger charge is -2.12. The standard InChI is InChI=1S/C17H17Cl3O/c18-12-14(19)8-11-17(20)13-6-9-16(10-7-13)21-15-4-2-1-3-5-15/h1-7,9-10,14,17H,8,11-12H2. The highest BCUT2D eigenvalue weighted by molar-refractivity contribution is 6.28. The molecule has 0 amide bonds. The van der Waals surface area contributed by atoms with Gasteiger partial charge in [-0.2, -0.15) is 0 Å². The highest BCUT2D eigenvalue weighted by Crippen LogP contribution is 2.29. The van der Waals surface area contributed by atoms with Crippen LogP contribution >= 0.6 is 34.8 Å². The van der Waals surface area contributed by atoms with Crippen LogP contribution in [0.25, 0.3) is 0 Å². The second-order valence-electron chi connectivity index (χ2n) is 4.78. The van der Waals surface area contributed by atoms with E-state index in [-0.39, 0.29) is 10.8 Å². The molecule has 0 radical (unpaired) electrons. The van der Waals surface area contributed by atoms with Gasteiger partial charge in [0.2, 0.25) is 0 Å². The minimum Gasteiger partial charge on any atom is -0.457 e. The van der Waals surface area contributed by atoms with E-state index in [1.165, 1.54) is 0 Å². The van der Waals surface area contributed by atoms with Gasteiger partial charge in [0.05, 0.1) is 5.38 Å². The molecule has 0 aliphatic heterocycles. The van der Waals surface area contributed by atoms with Crippen molar-refractivity contribution in [3.8, 4) is 11.5 Å². The molecule has 0 spiro atoms. The molecule has 112 valence electrons. The van der Waals surface area contributed by atoms with Gasteiger partial charge in [0.1, 0.15) is 11.5 Å². The Labute approximate surface area is 140 Å². The van der Waals surface area contributed by atoms with E-state index in [9.17, 15) is 0 Å². The predicted molar refractivity (Wildman–Crippen MR) is 91.1 cm³/mol. The average Bonchev–Trinajstić information content (AvgIpc) is 2.54. The van der Waals surface area contributed by atoms with E-state index in [0.717, 1.165) is 29.9 Å². The smallest absolute Gasteiger partial charge is 0.127 e. The molecule has 2 rings (SSSR count). The highest BCUT2D eigenvalue weighted by atomic mass is 35.5. The lowest BCUT2D eigenvalue weighted by Crippen LogP contribution is -2.02. The van der Waals surface area contributed by atoms with Gasteiger partial charge in [-0.1, -0.05) is 30.3 Å². The zero-order valence-electron chi connectivity index (χ0n) is 11.5. The average molecular weight is 344 g/mol. The van der Waals surface area contributed by atoms with Crippen molar-refractivity contribution >= 4 is 34.8 Å². The fourth-order valence-electron chi connectivity index (χ4n) is 1.94. The van der Waals surface area contributed by atoms with Crippen LogP contribution in [0.2, 0.25) is 0 Å². The van der Waals surface area contributed by atoms with Gasteiger partial charge in [0.25, 0.3) is 0 Å². The Morgan fingerprint density at radius 3 is 2.05 bits per heavy atom. The largest absolute Gasteiger partial charge is 0.457 e. The van der Waals surface area contributed by atoms with Gasteiger partial charge in [0, 0.05) is 11.3 Å². The van der Waals surface area contributed by atoms with Gasteiger partial charge < -0.3 is 4.74 Å². The summed E-state index contributed by atoms with van der Waals surface area (Å²) in [4.78, 5) is 0. The maximum Gasteiger partial charge on any atom is 0.127 e. The lowest BCUT2D eigenvalue weighted by molar-refractivity contribution is 0.482. The maximum absolute atomic E-state index is 6.38. The minimum atomic E-state index is -0.0553. The summed E-state index contributed by atoms with van der Waals surface area (Å²) in [5, 5.41) is -0.0751. The van der Waals surface area contributed by atoms with Crippen molar-refractivity contribution in [1.29, 1.82) is 0 Å². The summed E-state index contributed by atoms with van der Waals surface area (Å²) in [5.74, 6) is 2.07. The van der Waals surface area contributed by atoms with E-state index < -0.39 is 0 Å². The second-order valence-corrected chi connectivity index (χ2v) is 6.23. The van der Waals surface area contributed by atoms with Crippen LogP contribution in [-0.4, -0.2) is 11.3 Å². The summed E-state index contributed by atoms with van der Waals surface area (Å²) in [5.41, 5.74) is 1.07. The molecule has 2 atom stereocenters. The normalized spacial score (nSPS) is 13.7. The summed E-state index contributed by atoms with van der Waals surface area (Å²) in [6.45, 7) is 0. The molecule has 0 fully saturated rings. The van der Waals surface area contributed by atoms with Gasteiger partial charge in [-0.25, -0.2) is 0 Å². The fourth-order valence-corrected chi connectivity index (χ4v) is 2.49. The molecule has 0 bridgehead atoms. The van der Waals surface area contributed by atoms with Crippen molar-refractivity contribution in [2.45, 2.75) is 23.6 Å². The Morgan fingerprint density at radius 1 is 0.810 bits per heavy atom. The van der Waals surface area contributed by atoms with Crippen molar-refractivity contribution in [2.24, 2.45) is 0 Å². The molecule has 4 heteroatoms. The molecule has 2 aromatic rings. The van der Waals surface area contributed by atoms with Crippen LogP contribution in [0.15, 0.2) is 54.6 Å². The number of benzene rings is 2. The Bertz CT molecular complexity index is 527. The van der Waals surface area contributed by atoms with Crippen LogP contribution < -0.4 is 4.74 Å². The van der Waals surface area contributed by atoms with Crippen LogP contribution in [0.1, 0.15) is 23.8 Å². The van der Waals surface area contributed by atoms with E-state index in [0.29, 0.717) is 5.88 Å². The number of hydrogen-bond acceptors (Lipinski definition) is 1. The van der Waals surface area contributed by atoms with Crippen LogP contribution in [-0.2, 0) is 0 Å². The molecular weight excluding hydrogens is 327 g/mol. The summed E-state index contributed by atoms with van der Waals surface area (Å²) in [7, 11) is 0. The lowest BCUT2D eigenvalue weighted by atomic mass is 10.1. The van der Waals surface area contributed by atoms with Crippen molar-refractivity contribution < 1.29 is 4.74 Å². The SMILES string of the molecule is ClCC(Cl)CCC(Cl)c1ccc(Oc2ccccc2)cc1. The van der Waals surface area contributed by atoms with Crippen LogP contribution in [0.3, 0.4) is 0 Å². The van der Waals surface area contributed by atoms with Gasteiger partial charge in [-0.05, 0) is 42.7 Å². The highest BCUT2D eigenvalue weighted by Gasteiger charge is 2.11. The fraction of sp³-hybridized carbons (Fsp3) is 0.294. The number of alkyl halides is 3. The van der Waals surface area contributed by atoms with E-state index in [4.69, 9.17) is 39.5 Å². The van der Waals surface area contributed by atoms with Gasteiger partial charge in [-0.3, -0.25) is 0 Å². The zero-order valence-corrected chi connectivity index (χ0v) is 13.8. The number of halogens is 3. The number of ether oxygens (including phenoxy) is 1. The van der Waals surface area contributed by atoms with Crippen molar-refractivity contribution in [3.05, 3.63) is 60.2 Å². The molecule has 0 aliphatic rings. The summed E-state index contributed by atoms with van der Waals surface area (Å²) in [6.07, 6.45) is 1.61. The minimum absolute atomic E-state index is 0.0198. The van der Waals surface area contributed by atoms with Crippen molar-refractivity contribution in [2.75, 3.05) is 5.88 Å². The zero-order chi connectivity index (χ0) is 15.1. The monoisotopic (exact) mass is 342 g/mol. The maximum atomic E-state index is 6.38. The molecule has 0 heterocycles. The van der Waals surface area contributed by atoms with Crippen LogP contribution in [0.4, 0.5) is 0 Å². The molecule has 2 aromatic carbocycles. The van der Waals surface area contributed by atoms with Gasteiger partial charge in [-0.15, -0.1) is 34.8 Å². The molecular formula is C17H17Cl3O. The molecule has 2 unspecified atom stereocenters. The topological polar surface area (TPSA) is 9.23 Å². The molecule has 0 saturated heterocycles. The first-order valence-corrected chi connectivity index (χ1v) is 8.26. The van der Waals surface area contributed by atoms with E-state index >= 15 is 0 Å². The molecule has 0 N–H and O–H groups in total. The molecule has 21 heavy (non-hydrogen) atoms. The van der Waals surface area contributed by atoms with Crippen molar-refractivity contribution in [3.63, 3.8) is 0 Å². The van der Waals surface area contributed by atoms with Crippen molar-refractivity contribution in [1.82, 2.24) is 0 Å². The number of rotatable bonds is 7. The first kappa shape index (κ1) is 16.5. The molecule has 1 nitrogen and oxygen atoms in total. The predicted octanol–water partition coefficient (Wildman–Crippen LogP) is 6.39. The first-order chi connectivity index (χ1) is 10.2. The summed E-state index contributed by atoms with van der Waals surface area (Å²) >= 11 is 18.1. The van der Waals surface area contributed by atoms with E-state index in [1.54, 1.807) is 0 Å². The van der Waals surface area contributed by atoms with E-state index in [2.05, 4.69) is 0 Å². The molecule has 0 aromatic heterocycles. The molecule has 0 saturated carbocycles. The second kappa shape index (κ2) is 8.53. The van der Waals surface area contributed by atoms with Crippen LogP contribution in [0.5, 0.6) is 11.5 Å². The first-order valence-electron chi connectivity index (χ1n) is 6.86. The third kappa shape index (κ3) is 5.43. The Kier molecular flexibility index (Phi) is 6.69. The van der Waals surface area contributed by atoms with Gasteiger partial charge >= 0.3 is 0 Å². The number of hydrogen-bond donors (Lipinski definition) is 0. The molecule has 0 aliphatic carbocycles.